The van der Waals surface area contributed by atoms with E-state index in [0.29, 0.717) is 50.6 Å². The van der Waals surface area contributed by atoms with E-state index < -0.39 is 163 Å². The molecule has 139 heavy (non-hydrogen) atoms. The molecule has 0 aliphatic heterocycles. The summed E-state index contributed by atoms with van der Waals surface area (Å²) < 4.78 is 90.0. The fraction of sp³-hybridized carbons (Fsp3) is 0.825. The quantitative estimate of drug-likeness (QED) is 0.0310. The largest absolute Gasteiger partial charge is 0.463 e. The third kappa shape index (κ3) is 82.9. The van der Waals surface area contributed by atoms with Gasteiger partial charge in [0.25, 0.3) is 0 Å². The maximum atomic E-state index is 11.7. The average Bonchev–Trinajstić information content (AvgIpc) is 0.848. The number of carbonyl (C=O) groups excluding carboxylic acids is 18. The van der Waals surface area contributed by atoms with E-state index in [2.05, 4.69) is 41.5 Å². The molecule has 0 spiro atoms. The minimum absolute atomic E-state index is 0.0953. The van der Waals surface area contributed by atoms with Crippen molar-refractivity contribution >= 4 is 107 Å². The second-order valence-corrected chi connectivity index (χ2v) is 40.7. The van der Waals surface area contributed by atoms with Crippen molar-refractivity contribution in [1.82, 2.24) is 0 Å². The van der Waals surface area contributed by atoms with E-state index in [9.17, 15) is 86.3 Å². The van der Waals surface area contributed by atoms with Gasteiger partial charge in [0.15, 0.2) is 0 Å². The van der Waals surface area contributed by atoms with Crippen molar-refractivity contribution in [2.75, 3.05) is 26.4 Å². The van der Waals surface area contributed by atoms with Gasteiger partial charge >= 0.3 is 107 Å². The lowest BCUT2D eigenvalue weighted by molar-refractivity contribution is -0.186. The Bertz CT molecular complexity index is 3630. The SMILES string of the molecule is CC(=O)OC(C)(C)C(=O)OC(C)C(C)C.CC(=O)OC(C)(C)C(=O)OCC(C)(C)C.CC(=O)OC(C)(C)C(=O)OCCCC(C)C.CCC(C)(C)OC(=O)C(C)(C)OC(C)=O.CCC(C)CCOC(=O)C(C)(C)OC(C)=O.CCC(CC)OC(=O)C(C)(C)OC(C)=O.CCCC(C)COC(=O)C(C)(C)OC(C)=O.CCCC(C)OC(=O)C(C)(C)OC(C)=O.CCCCC(C)OC(=O)C(C)(C)OC(C)=O. The molecule has 0 aromatic carbocycles. The first-order chi connectivity index (χ1) is 62.6. The Kier molecular flexibility index (Phi) is 76.1. The monoisotopic (exact) mass is 2000 g/mol. The number of hydrogen-bond donors (Lipinski definition) is 0. The third-order valence-electron chi connectivity index (χ3n) is 18.5. The van der Waals surface area contributed by atoms with E-state index in [1.807, 2.05) is 104 Å². The Balaban J connectivity index is -0.000000195. The standard InChI is InChI=1S/4C12H22O4.5C11H20O4/c1-9(2)7-6-8-15-11(14)12(4,5)16-10(3)13;1-6-9(2)7-8-15-11(14)12(4,5)16-10(3)13;1-6-7-9(2)8-15-11(14)12(4,5)16-10(3)13;1-6-7-8-9(2)15-11(14)12(4,5)16-10(3)13;1-8(12)15-11(5,6)9(13)14-7-10(2,3)4;1-7-10(3,4)15-9(13)11(5,6)14-8(2)12;1-7(2)8(3)14-10(13)11(5,6)15-9(4)12;1-6-7-8(2)14-10(13)11(4,5)15-9(3)12;1-6-9(7-2)14-10(13)11(4,5)15-8(3)12/h4*9H,6-8H2,1-5H3;2*7H2,1-6H3;7-8H,1-6H3;8H,6-7H2,1-5H3;9H,6-7H2,1-5H3. The zero-order valence-electron chi connectivity index (χ0n) is 94.5. The molecule has 0 saturated heterocycles. The van der Waals surface area contributed by atoms with Crippen LogP contribution in [-0.2, 0) is 172 Å². The molecule has 0 aliphatic carbocycles. The van der Waals surface area contributed by atoms with Gasteiger partial charge in [-0.25, -0.2) is 43.2 Å². The van der Waals surface area contributed by atoms with Gasteiger partial charge in [0, 0.05) is 62.3 Å². The van der Waals surface area contributed by atoms with Crippen LogP contribution in [0, 0.1) is 29.1 Å². The summed E-state index contributed by atoms with van der Waals surface area (Å²) in [6.07, 6.45) is 12.1. The Labute approximate surface area is 833 Å². The van der Waals surface area contributed by atoms with Gasteiger partial charge in [-0.2, -0.15) is 0 Å². The van der Waals surface area contributed by atoms with E-state index in [-0.39, 0.29) is 35.7 Å². The molecule has 0 N–H and O–H groups in total. The van der Waals surface area contributed by atoms with Crippen molar-refractivity contribution in [2.24, 2.45) is 29.1 Å². The molecule has 0 aromatic heterocycles. The van der Waals surface area contributed by atoms with E-state index >= 15 is 0 Å². The zero-order valence-corrected chi connectivity index (χ0v) is 94.5. The summed E-state index contributed by atoms with van der Waals surface area (Å²) in [5.41, 5.74) is -11.5. The van der Waals surface area contributed by atoms with E-state index in [1.54, 1.807) is 0 Å². The summed E-state index contributed by atoms with van der Waals surface area (Å²) in [6.45, 7) is 81.6. The van der Waals surface area contributed by atoms with E-state index in [4.69, 9.17) is 85.3 Å². The maximum absolute atomic E-state index is 11.7. The second kappa shape index (κ2) is 71.8. The molecule has 0 rings (SSSR count). The van der Waals surface area contributed by atoms with Crippen LogP contribution in [0.3, 0.4) is 0 Å². The lowest BCUT2D eigenvalue weighted by Gasteiger charge is -2.29. The molecule has 36 nitrogen and oxygen atoms in total. The summed E-state index contributed by atoms with van der Waals surface area (Å²) >= 11 is 0. The van der Waals surface area contributed by atoms with Crippen LogP contribution in [0.2, 0.25) is 0 Å². The van der Waals surface area contributed by atoms with Crippen molar-refractivity contribution < 1.29 is 172 Å². The molecular formula is C103H188O36. The van der Waals surface area contributed by atoms with Crippen LogP contribution in [0.1, 0.15) is 422 Å². The minimum Gasteiger partial charge on any atom is -0.463 e. The van der Waals surface area contributed by atoms with Crippen LogP contribution in [-0.4, -0.2) is 214 Å². The number of ether oxygens (including phenoxy) is 18. The topological polar surface area (TPSA) is 473 Å². The molecule has 0 saturated carbocycles. The highest BCUT2D eigenvalue weighted by atomic mass is 16.7. The van der Waals surface area contributed by atoms with Crippen molar-refractivity contribution in [2.45, 2.75) is 503 Å². The molecule has 0 aromatic rings. The van der Waals surface area contributed by atoms with Crippen molar-refractivity contribution in [3.05, 3.63) is 0 Å². The van der Waals surface area contributed by atoms with Gasteiger partial charge in [-0.3, -0.25) is 43.2 Å². The predicted molar refractivity (Wildman–Crippen MR) is 525 cm³/mol. The molecule has 0 amide bonds. The summed E-state index contributed by atoms with van der Waals surface area (Å²) in [5, 5.41) is 0. The molecule has 0 heterocycles. The molecule has 0 fully saturated rings. The fourth-order valence-corrected chi connectivity index (χ4v) is 9.90. The molecule has 5 atom stereocenters. The normalized spacial score (nSPS) is 12.5. The molecular weight excluding hydrogens is 1810 g/mol. The van der Waals surface area contributed by atoms with Crippen molar-refractivity contribution in [3.8, 4) is 0 Å². The van der Waals surface area contributed by atoms with Gasteiger partial charge in [0.1, 0.15) is 17.8 Å². The smallest absolute Gasteiger partial charge is 0.350 e. The Hall–Kier alpha value is -9.54. The first kappa shape index (κ1) is 147. The predicted octanol–water partition coefficient (Wildman–Crippen LogP) is 19.4. The van der Waals surface area contributed by atoms with Crippen LogP contribution in [0.25, 0.3) is 0 Å². The first-order valence-corrected chi connectivity index (χ1v) is 48.1. The van der Waals surface area contributed by atoms with Crippen LogP contribution < -0.4 is 0 Å². The molecule has 36 heteroatoms. The molecule has 0 bridgehead atoms. The maximum Gasteiger partial charge on any atom is 0.350 e. The van der Waals surface area contributed by atoms with Gasteiger partial charge < -0.3 is 85.3 Å². The summed E-state index contributed by atoms with van der Waals surface area (Å²) in [7, 11) is 0. The Morgan fingerprint density at radius 3 is 0.784 bits per heavy atom. The highest BCUT2D eigenvalue weighted by molar-refractivity contribution is 5.87. The molecule has 0 aliphatic rings. The number of rotatable bonds is 45. The number of unbranched alkanes of at least 4 members (excludes halogenated alkanes) is 1. The highest BCUT2D eigenvalue weighted by Crippen LogP contribution is 2.25. The molecule has 816 valence electrons. The average molecular weight is 2000 g/mol. The molecule has 0 radical (unpaired) electrons. The van der Waals surface area contributed by atoms with Crippen LogP contribution >= 0.6 is 0 Å². The zero-order chi connectivity index (χ0) is 112. The lowest BCUT2D eigenvalue weighted by atomic mass is 9.98. The summed E-state index contributed by atoms with van der Waals surface area (Å²) in [4.78, 5) is 201. The van der Waals surface area contributed by atoms with E-state index in [1.165, 1.54) is 187 Å². The number of carbonyl (C=O) groups is 18. The van der Waals surface area contributed by atoms with Crippen molar-refractivity contribution in [3.63, 3.8) is 0 Å². The van der Waals surface area contributed by atoms with Gasteiger partial charge in [0.05, 0.1) is 38.6 Å². The van der Waals surface area contributed by atoms with Gasteiger partial charge in [-0.15, -0.1) is 0 Å². The molecule has 5 unspecified atom stereocenters. The van der Waals surface area contributed by atoms with Crippen LogP contribution in [0.5, 0.6) is 0 Å². The third-order valence-corrected chi connectivity index (χ3v) is 18.5. The van der Waals surface area contributed by atoms with Crippen molar-refractivity contribution in [1.29, 1.82) is 0 Å². The lowest BCUT2D eigenvalue weighted by Crippen LogP contribution is -2.42. The van der Waals surface area contributed by atoms with Gasteiger partial charge in [-0.05, 0) is 246 Å². The van der Waals surface area contributed by atoms with E-state index in [0.717, 1.165) is 83.5 Å². The summed E-state index contributed by atoms with van der Waals surface area (Å²) in [6, 6.07) is 0. The summed E-state index contributed by atoms with van der Waals surface area (Å²) in [5.74, 6) is -7.21. The van der Waals surface area contributed by atoms with Gasteiger partial charge in [0.2, 0.25) is 50.4 Å². The van der Waals surface area contributed by atoms with Crippen LogP contribution in [0.4, 0.5) is 0 Å². The fourth-order valence-electron chi connectivity index (χ4n) is 9.90. The number of hydrogen-bond acceptors (Lipinski definition) is 36. The van der Waals surface area contributed by atoms with Gasteiger partial charge in [-0.1, -0.05) is 143 Å². The Morgan fingerprint density at radius 1 is 0.245 bits per heavy atom. The highest BCUT2D eigenvalue weighted by Gasteiger charge is 2.42. The Morgan fingerprint density at radius 2 is 0.518 bits per heavy atom. The first-order valence-electron chi connectivity index (χ1n) is 48.1. The van der Waals surface area contributed by atoms with Crippen LogP contribution in [0.15, 0.2) is 0 Å². The number of esters is 18. The second-order valence-electron chi connectivity index (χ2n) is 40.7. The minimum atomic E-state index is -1.22.